The summed E-state index contributed by atoms with van der Waals surface area (Å²) >= 11 is 1.10. The highest BCUT2D eigenvalue weighted by molar-refractivity contribution is 7.99. The molecular formula is C22H18F3N5OS. The summed E-state index contributed by atoms with van der Waals surface area (Å²) in [5.41, 5.74) is -2.34. The fraction of sp³-hybridized carbons (Fsp3) is 0.182. The number of aliphatic hydroxyl groups is 1. The van der Waals surface area contributed by atoms with Gasteiger partial charge in [-0.2, -0.15) is 5.10 Å². The van der Waals surface area contributed by atoms with E-state index >= 15 is 4.39 Å². The molecule has 6 nitrogen and oxygen atoms in total. The highest BCUT2D eigenvalue weighted by Gasteiger charge is 2.42. The van der Waals surface area contributed by atoms with E-state index in [1.54, 1.807) is 0 Å². The average Bonchev–Trinajstić information content (AvgIpc) is 3.28. The second-order valence-electron chi connectivity index (χ2n) is 7.16. The number of hydrogen-bond acceptors (Lipinski definition) is 6. The number of halogens is 3. The van der Waals surface area contributed by atoms with E-state index in [2.05, 4.69) is 20.1 Å². The van der Waals surface area contributed by atoms with E-state index in [4.69, 9.17) is 0 Å². The summed E-state index contributed by atoms with van der Waals surface area (Å²) in [6, 6.07) is 11.9. The van der Waals surface area contributed by atoms with Crippen molar-refractivity contribution in [1.82, 2.24) is 24.7 Å². The summed E-state index contributed by atoms with van der Waals surface area (Å²) in [4.78, 5) is 12.7. The van der Waals surface area contributed by atoms with Gasteiger partial charge in [-0.25, -0.2) is 32.8 Å². The molecule has 0 aliphatic rings. The third-order valence-electron chi connectivity index (χ3n) is 5.14. The van der Waals surface area contributed by atoms with Crippen LogP contribution >= 0.6 is 11.8 Å². The molecule has 4 rings (SSSR count). The fourth-order valence-electron chi connectivity index (χ4n) is 3.42. The maximum absolute atomic E-state index is 15.5. The van der Waals surface area contributed by atoms with Crippen molar-refractivity contribution in [2.45, 2.75) is 34.9 Å². The molecule has 164 valence electrons. The third kappa shape index (κ3) is 4.37. The van der Waals surface area contributed by atoms with Crippen LogP contribution in [0.2, 0.25) is 0 Å². The Morgan fingerprint density at radius 3 is 2.53 bits per heavy atom. The first-order valence-electron chi connectivity index (χ1n) is 9.62. The lowest BCUT2D eigenvalue weighted by molar-refractivity contribution is -0.0135. The molecule has 1 N–H and O–H groups in total. The molecule has 32 heavy (non-hydrogen) atoms. The highest BCUT2D eigenvalue weighted by atomic mass is 32.2. The number of nitrogens with zero attached hydrogens (tertiary/aromatic N) is 5. The van der Waals surface area contributed by atoms with Crippen LogP contribution in [0.4, 0.5) is 13.2 Å². The molecule has 2 atom stereocenters. The first-order chi connectivity index (χ1) is 15.4. The van der Waals surface area contributed by atoms with Crippen molar-refractivity contribution in [3.05, 3.63) is 96.2 Å². The molecule has 2 aromatic carbocycles. The molecule has 0 saturated carbocycles. The monoisotopic (exact) mass is 457 g/mol. The van der Waals surface area contributed by atoms with E-state index < -0.39 is 29.0 Å². The van der Waals surface area contributed by atoms with Gasteiger partial charge in [0.25, 0.3) is 0 Å². The summed E-state index contributed by atoms with van der Waals surface area (Å²) in [6.45, 7) is 1.25. The molecule has 0 fully saturated rings. The highest BCUT2D eigenvalue weighted by Crippen LogP contribution is 2.41. The van der Waals surface area contributed by atoms with Crippen LogP contribution < -0.4 is 0 Å². The molecule has 2 aromatic heterocycles. The minimum absolute atomic E-state index is 0.0655. The maximum Gasteiger partial charge on any atom is 0.177 e. The van der Waals surface area contributed by atoms with Crippen LogP contribution in [0.1, 0.15) is 24.1 Å². The molecule has 10 heteroatoms. The van der Waals surface area contributed by atoms with E-state index in [9.17, 15) is 13.9 Å². The Morgan fingerprint density at radius 2 is 1.84 bits per heavy atom. The van der Waals surface area contributed by atoms with Crippen molar-refractivity contribution < 1.29 is 18.3 Å². The average molecular weight is 457 g/mol. The molecule has 0 aliphatic carbocycles. The predicted octanol–water partition coefficient (Wildman–Crippen LogP) is 4.33. The van der Waals surface area contributed by atoms with Gasteiger partial charge >= 0.3 is 0 Å². The molecule has 0 amide bonds. The molecule has 0 radical (unpaired) electrons. The normalized spacial score (nSPS) is 14.2. The van der Waals surface area contributed by atoms with E-state index in [1.807, 2.05) is 30.3 Å². The molecule has 0 bridgehead atoms. The van der Waals surface area contributed by atoms with Crippen LogP contribution in [-0.4, -0.2) is 29.8 Å². The molecule has 0 aliphatic heterocycles. The molecule has 0 saturated heterocycles. The summed E-state index contributed by atoms with van der Waals surface area (Å²) in [5, 5.41) is 15.7. The standard InChI is InChI=1S/C22H18F3N5OS/c1-14(20-19(25)21(28-12-27-20)32-16-5-3-2-4-6-16)22(31,10-30-13-26-11-29-30)17-8-7-15(23)9-18(17)24/h2-9,11-14,31H,10H2,1H3. The Bertz CT molecular complexity index is 1210. The van der Waals surface area contributed by atoms with Crippen molar-refractivity contribution in [2.75, 3.05) is 0 Å². The van der Waals surface area contributed by atoms with Gasteiger partial charge in [-0.15, -0.1) is 0 Å². The van der Waals surface area contributed by atoms with Gasteiger partial charge in [0.15, 0.2) is 5.82 Å². The third-order valence-corrected chi connectivity index (χ3v) is 6.12. The van der Waals surface area contributed by atoms with Crippen LogP contribution in [0.5, 0.6) is 0 Å². The van der Waals surface area contributed by atoms with Gasteiger partial charge in [0.05, 0.1) is 12.2 Å². The van der Waals surface area contributed by atoms with Crippen LogP contribution in [0.3, 0.4) is 0 Å². The summed E-state index contributed by atoms with van der Waals surface area (Å²) in [5.74, 6) is -3.54. The largest absolute Gasteiger partial charge is 0.382 e. The zero-order chi connectivity index (χ0) is 22.7. The second-order valence-corrected chi connectivity index (χ2v) is 8.22. The molecule has 2 unspecified atom stereocenters. The quantitative estimate of drug-likeness (QED) is 0.417. The second kappa shape index (κ2) is 9.09. The van der Waals surface area contributed by atoms with E-state index in [0.717, 1.165) is 28.8 Å². The van der Waals surface area contributed by atoms with E-state index in [0.29, 0.717) is 6.07 Å². The fourth-order valence-corrected chi connectivity index (χ4v) is 4.23. The van der Waals surface area contributed by atoms with Crippen molar-refractivity contribution >= 4 is 11.8 Å². The minimum Gasteiger partial charge on any atom is -0.382 e. The van der Waals surface area contributed by atoms with Crippen LogP contribution in [-0.2, 0) is 12.1 Å². The Balaban J connectivity index is 1.77. The Morgan fingerprint density at radius 1 is 1.06 bits per heavy atom. The van der Waals surface area contributed by atoms with Gasteiger partial charge in [-0.1, -0.05) is 43.0 Å². The Hall–Kier alpha value is -3.24. The van der Waals surface area contributed by atoms with Crippen molar-refractivity contribution in [3.63, 3.8) is 0 Å². The van der Waals surface area contributed by atoms with Gasteiger partial charge in [0.1, 0.15) is 41.2 Å². The summed E-state index contributed by atoms with van der Waals surface area (Å²) < 4.78 is 45.0. The zero-order valence-electron chi connectivity index (χ0n) is 16.9. The van der Waals surface area contributed by atoms with Crippen LogP contribution in [0, 0.1) is 17.5 Å². The SMILES string of the molecule is CC(c1ncnc(Sc2ccccc2)c1F)C(O)(Cn1cncn1)c1ccc(F)cc1F. The lowest BCUT2D eigenvalue weighted by Gasteiger charge is -2.34. The predicted molar refractivity (Wildman–Crippen MR) is 111 cm³/mol. The van der Waals surface area contributed by atoms with E-state index in [1.165, 1.54) is 30.6 Å². The van der Waals surface area contributed by atoms with Gasteiger partial charge < -0.3 is 5.11 Å². The Labute approximate surface area is 186 Å². The van der Waals surface area contributed by atoms with Crippen LogP contribution in [0.15, 0.2) is 77.4 Å². The number of hydrogen-bond donors (Lipinski definition) is 1. The minimum atomic E-state index is -2.02. The lowest BCUT2D eigenvalue weighted by Crippen LogP contribution is -2.39. The molecule has 0 spiro atoms. The molecule has 4 aromatic rings. The Kier molecular flexibility index (Phi) is 6.24. The molecule has 2 heterocycles. The van der Waals surface area contributed by atoms with Gasteiger partial charge in [0.2, 0.25) is 0 Å². The number of benzene rings is 2. The van der Waals surface area contributed by atoms with E-state index in [-0.39, 0.29) is 22.8 Å². The first kappa shape index (κ1) is 22.0. The number of rotatable bonds is 7. The van der Waals surface area contributed by atoms with Gasteiger partial charge in [0, 0.05) is 22.4 Å². The first-order valence-corrected chi connectivity index (χ1v) is 10.4. The molecular weight excluding hydrogens is 439 g/mol. The van der Waals surface area contributed by atoms with Gasteiger partial charge in [-0.05, 0) is 18.2 Å². The maximum atomic E-state index is 15.5. The van der Waals surface area contributed by atoms with Crippen molar-refractivity contribution in [1.29, 1.82) is 0 Å². The zero-order valence-corrected chi connectivity index (χ0v) is 17.7. The number of aromatic nitrogens is 5. The topological polar surface area (TPSA) is 76.7 Å². The van der Waals surface area contributed by atoms with Crippen molar-refractivity contribution in [3.8, 4) is 0 Å². The smallest absolute Gasteiger partial charge is 0.177 e. The summed E-state index contributed by atoms with van der Waals surface area (Å²) in [6.07, 6.45) is 3.79. The lowest BCUT2D eigenvalue weighted by atomic mass is 9.79. The van der Waals surface area contributed by atoms with Gasteiger partial charge in [-0.3, -0.25) is 0 Å². The summed E-state index contributed by atoms with van der Waals surface area (Å²) in [7, 11) is 0. The van der Waals surface area contributed by atoms with Crippen molar-refractivity contribution in [2.24, 2.45) is 0 Å². The van der Waals surface area contributed by atoms with Crippen LogP contribution in [0.25, 0.3) is 0 Å².